The van der Waals surface area contributed by atoms with Gasteiger partial charge in [0.05, 0.1) is 43.3 Å². The van der Waals surface area contributed by atoms with Crippen molar-refractivity contribution in [2.45, 2.75) is 224 Å². The van der Waals surface area contributed by atoms with Crippen molar-refractivity contribution in [3.63, 3.8) is 0 Å². The summed E-state index contributed by atoms with van der Waals surface area (Å²) in [6.45, 7) is 7.39. The van der Waals surface area contributed by atoms with Crippen molar-refractivity contribution >= 4 is 43.9 Å². The first-order chi connectivity index (χ1) is 34.4. The Kier molecular flexibility index (Phi) is 32.4. The molecule has 0 saturated heterocycles. The van der Waals surface area contributed by atoms with Gasteiger partial charge in [-0.05, 0) is 67.5 Å². The van der Waals surface area contributed by atoms with Gasteiger partial charge < -0.3 is 19.5 Å². The van der Waals surface area contributed by atoms with Crippen LogP contribution < -0.4 is 5.32 Å². The lowest BCUT2D eigenvalue weighted by atomic mass is 10.0. The summed E-state index contributed by atoms with van der Waals surface area (Å²) >= 11 is 0. The van der Waals surface area contributed by atoms with E-state index in [0.717, 1.165) is 12.1 Å². The molecule has 4 aromatic carbocycles. The van der Waals surface area contributed by atoms with Crippen LogP contribution in [0.25, 0.3) is 10.8 Å². The lowest BCUT2D eigenvalue weighted by Crippen LogP contribution is -2.41. The number of rotatable bonds is 39. The topological polar surface area (TPSA) is 131 Å². The van der Waals surface area contributed by atoms with Crippen molar-refractivity contribution in [2.75, 3.05) is 32.5 Å². The molecule has 0 fully saturated rings. The predicted octanol–water partition coefficient (Wildman–Crippen LogP) is 18.7. The molecule has 0 radical (unpaired) electrons. The lowest BCUT2D eigenvalue weighted by Gasteiger charge is -2.30. The molecule has 0 unspecified atom stereocenters. The van der Waals surface area contributed by atoms with Crippen LogP contribution in [0.5, 0.6) is 5.75 Å². The zero-order valence-corrected chi connectivity index (χ0v) is 45.8. The van der Waals surface area contributed by atoms with Gasteiger partial charge in [0.1, 0.15) is 15.8 Å². The van der Waals surface area contributed by atoms with E-state index >= 15 is 0 Å². The number of para-hydroxylation sites is 1. The number of carbonyl (C=O) groups is 1. The minimum atomic E-state index is -4.65. The Morgan fingerprint density at radius 2 is 0.930 bits per heavy atom. The molecule has 4 rings (SSSR count). The van der Waals surface area contributed by atoms with Crippen LogP contribution in [0.2, 0.25) is 0 Å². The number of hydrogen-bond acceptors (Lipinski definition) is 7. The third-order valence-corrected chi connectivity index (χ3v) is 14.7. The summed E-state index contributed by atoms with van der Waals surface area (Å²) in [4.78, 5) is 12.4. The van der Waals surface area contributed by atoms with Crippen LogP contribution in [-0.4, -0.2) is 55.7 Å². The highest BCUT2D eigenvalue weighted by Gasteiger charge is 2.19. The van der Waals surface area contributed by atoms with E-state index in [2.05, 4.69) is 43.5 Å². The molecule has 396 valence electrons. The van der Waals surface area contributed by atoms with E-state index in [4.69, 9.17) is 0 Å². The average Bonchev–Trinajstić information content (AvgIpc) is 3.36. The maximum atomic E-state index is 12.8. The van der Waals surface area contributed by atoms with Crippen molar-refractivity contribution < 1.29 is 27.4 Å². The van der Waals surface area contributed by atoms with Crippen molar-refractivity contribution in [1.29, 1.82) is 0 Å². The summed E-state index contributed by atoms with van der Waals surface area (Å²) < 4.78 is 35.0. The number of carbonyl (C=O) groups excluding carboxylic acids is 1. The number of phenols is 1. The second-order valence-corrected chi connectivity index (χ2v) is 22.2. The molecule has 0 atom stereocenters. The minimum Gasteiger partial charge on any atom is -0.744 e. The van der Waals surface area contributed by atoms with E-state index in [1.165, 1.54) is 235 Å². The Morgan fingerprint density at radius 3 is 1.37 bits per heavy atom. The summed E-state index contributed by atoms with van der Waals surface area (Å²) in [6, 6.07) is 22.4. The molecule has 0 saturated carbocycles. The van der Waals surface area contributed by atoms with E-state index in [1.54, 1.807) is 54.6 Å². The summed E-state index contributed by atoms with van der Waals surface area (Å²) in [5.74, 6) is -0.913. The van der Waals surface area contributed by atoms with Crippen molar-refractivity contribution in [1.82, 2.24) is 0 Å². The Labute approximate surface area is 432 Å². The summed E-state index contributed by atoms with van der Waals surface area (Å²) in [6.07, 6.45) is 46.9. The highest BCUT2D eigenvalue weighted by Crippen LogP contribution is 2.40. The number of amides is 1. The molecule has 1 amide bonds. The molecule has 0 bridgehead atoms. The monoisotopic (exact) mass is 997 g/mol. The molecule has 0 aliphatic rings. The Bertz CT molecular complexity index is 2100. The van der Waals surface area contributed by atoms with Crippen LogP contribution in [0.1, 0.15) is 230 Å². The molecule has 10 heteroatoms. The first-order valence-corrected chi connectivity index (χ1v) is 29.8. The molecule has 0 aliphatic carbocycles. The van der Waals surface area contributed by atoms with Crippen LogP contribution in [0.3, 0.4) is 0 Å². The second-order valence-electron chi connectivity index (χ2n) is 20.8. The third-order valence-electron chi connectivity index (χ3n) is 13.9. The fraction of sp³-hybridized carbons (Fsp3) is 0.623. The number of azo groups is 1. The molecule has 0 aliphatic heterocycles. The van der Waals surface area contributed by atoms with Crippen LogP contribution in [0.15, 0.2) is 100 Å². The number of fused-ring (bicyclic) bond motifs is 1. The van der Waals surface area contributed by atoms with Gasteiger partial charge in [-0.25, -0.2) is 8.42 Å². The first kappa shape index (κ1) is 61.2. The fourth-order valence-electron chi connectivity index (χ4n) is 9.41. The molecular weight excluding hydrogens is 901 g/mol. The molecule has 0 aromatic heterocycles. The van der Waals surface area contributed by atoms with E-state index < -0.39 is 20.9 Å². The van der Waals surface area contributed by atoms with Crippen LogP contribution in [-0.2, 0) is 10.1 Å². The number of nitrogens with zero attached hydrogens (tertiary/aromatic N) is 3. The molecular formula is C61H96N4O5S. The molecule has 71 heavy (non-hydrogen) atoms. The maximum Gasteiger partial charge on any atom is 0.259 e. The van der Waals surface area contributed by atoms with Gasteiger partial charge in [0, 0.05) is 11.1 Å². The van der Waals surface area contributed by atoms with E-state index in [1.807, 2.05) is 6.07 Å². The Morgan fingerprint density at radius 1 is 0.521 bits per heavy atom. The standard InChI is InChI=1S/C38H80N.C23H17N3O5S/c1-5-7-9-11-13-15-17-19-21-23-25-27-29-31-33-35-37-39(3,4)38-36-34-32-30-28-26-24-22-20-18-16-14-12-10-8-6-2;27-22-20(23(28)24-16-8-2-1-3-9-16)13-15-7-4-5-12-19(15)21(22)26-25-17-10-6-11-18(14-17)32(29,30)31/h5-38H2,1-4H3;1-14,27H,(H,24,28)(H,29,30,31)/q+1;/p-1. The summed E-state index contributed by atoms with van der Waals surface area (Å²) in [7, 11) is 0.285. The number of nitrogens with one attached hydrogen (secondary N) is 1. The SMILES string of the molecule is CCCCCCCCCCCCCCCCCC[N+](C)(C)CCCCCCCCCCCCCCCCCC.O=C(Nc1ccccc1)c1cc2ccccc2c(N=Nc2cccc(S(=O)(=O)[O-])c2)c1O. The van der Waals surface area contributed by atoms with Gasteiger partial charge in [0.25, 0.3) is 5.91 Å². The van der Waals surface area contributed by atoms with Crippen LogP contribution in [0.4, 0.5) is 17.1 Å². The van der Waals surface area contributed by atoms with Crippen molar-refractivity contribution in [3.8, 4) is 5.75 Å². The molecule has 0 spiro atoms. The number of quaternary nitrogens is 1. The van der Waals surface area contributed by atoms with E-state index in [9.17, 15) is 22.9 Å². The van der Waals surface area contributed by atoms with Gasteiger partial charge in [-0.1, -0.05) is 242 Å². The van der Waals surface area contributed by atoms with Gasteiger partial charge in [-0.3, -0.25) is 4.79 Å². The van der Waals surface area contributed by atoms with Gasteiger partial charge in [-0.15, -0.1) is 5.11 Å². The Balaban J connectivity index is 0.000000381. The maximum absolute atomic E-state index is 12.8. The summed E-state index contributed by atoms with van der Waals surface area (Å²) in [5, 5.41) is 22.8. The van der Waals surface area contributed by atoms with Gasteiger partial charge in [0.15, 0.2) is 5.75 Å². The van der Waals surface area contributed by atoms with Gasteiger partial charge in [0.2, 0.25) is 0 Å². The molecule has 4 aromatic rings. The molecule has 2 N–H and O–H groups in total. The largest absolute Gasteiger partial charge is 0.744 e. The highest BCUT2D eigenvalue weighted by molar-refractivity contribution is 7.85. The third kappa shape index (κ3) is 28.1. The van der Waals surface area contributed by atoms with Crippen molar-refractivity contribution in [3.05, 3.63) is 90.5 Å². The first-order valence-electron chi connectivity index (χ1n) is 28.4. The quantitative estimate of drug-likeness (QED) is 0.0199. The normalized spacial score (nSPS) is 11.8. The van der Waals surface area contributed by atoms with Crippen LogP contribution >= 0.6 is 0 Å². The zero-order valence-electron chi connectivity index (χ0n) is 45.0. The van der Waals surface area contributed by atoms with E-state index in [0.29, 0.717) is 16.5 Å². The smallest absolute Gasteiger partial charge is 0.259 e. The zero-order chi connectivity index (χ0) is 51.3. The second kappa shape index (κ2) is 37.6. The van der Waals surface area contributed by atoms with E-state index in [-0.39, 0.29) is 22.7 Å². The fourth-order valence-corrected chi connectivity index (χ4v) is 9.92. The number of unbranched alkanes of at least 4 members (excludes halogenated alkanes) is 30. The minimum absolute atomic E-state index is 0.00242. The number of hydrogen-bond donors (Lipinski definition) is 2. The lowest BCUT2D eigenvalue weighted by molar-refractivity contribution is -0.890. The number of benzene rings is 4. The van der Waals surface area contributed by atoms with Gasteiger partial charge >= 0.3 is 0 Å². The number of phenolic OH excluding ortho intramolecular Hbond substituents is 1. The molecule has 9 nitrogen and oxygen atoms in total. The Hall–Kier alpha value is -4.12. The van der Waals surface area contributed by atoms with Crippen molar-refractivity contribution in [2.24, 2.45) is 10.2 Å². The number of aromatic hydroxyl groups is 1. The van der Waals surface area contributed by atoms with Crippen LogP contribution in [0, 0.1) is 0 Å². The molecule has 0 heterocycles. The highest BCUT2D eigenvalue weighted by atomic mass is 32.2. The average molecular weight is 998 g/mol. The predicted molar refractivity (Wildman–Crippen MR) is 300 cm³/mol. The number of anilines is 1. The van der Waals surface area contributed by atoms with Gasteiger partial charge in [-0.2, -0.15) is 5.11 Å². The summed E-state index contributed by atoms with van der Waals surface area (Å²) in [5.41, 5.74) is 0.697.